The maximum atomic E-state index is 14.6. The van der Waals surface area contributed by atoms with Crippen LogP contribution in [0.15, 0.2) is 42.6 Å². The monoisotopic (exact) mass is 722 g/mol. The number of likely N-dealkylation sites (tertiary alicyclic amines) is 1. The summed E-state index contributed by atoms with van der Waals surface area (Å²) in [7, 11) is 7.79. The molecule has 4 heterocycles. The van der Waals surface area contributed by atoms with Gasteiger partial charge in [-0.25, -0.2) is 0 Å². The van der Waals surface area contributed by atoms with Crippen LogP contribution in [0.25, 0.3) is 33.8 Å². The van der Waals surface area contributed by atoms with Gasteiger partial charge in [0.15, 0.2) is 0 Å². The van der Waals surface area contributed by atoms with E-state index in [9.17, 15) is 9.59 Å². The van der Waals surface area contributed by atoms with Crippen LogP contribution in [0.3, 0.4) is 0 Å². The largest absolute Gasteiger partial charge is 0.497 e. The van der Waals surface area contributed by atoms with Gasteiger partial charge in [-0.2, -0.15) is 5.10 Å². The van der Waals surface area contributed by atoms with E-state index in [0.29, 0.717) is 28.8 Å². The van der Waals surface area contributed by atoms with Crippen molar-refractivity contribution in [3.8, 4) is 17.0 Å². The summed E-state index contributed by atoms with van der Waals surface area (Å²) < 4.78 is 13.1. The van der Waals surface area contributed by atoms with Crippen molar-refractivity contribution < 1.29 is 14.3 Å². The summed E-state index contributed by atoms with van der Waals surface area (Å²) in [4.78, 5) is 32.5. The lowest BCUT2D eigenvalue weighted by atomic mass is 9.81. The molecule has 276 valence electrons. The van der Waals surface area contributed by atoms with Crippen LogP contribution < -0.4 is 9.46 Å². The van der Waals surface area contributed by atoms with E-state index in [2.05, 4.69) is 84.3 Å². The van der Waals surface area contributed by atoms with Crippen molar-refractivity contribution in [2.45, 2.75) is 102 Å². The zero-order chi connectivity index (χ0) is 36.7. The zero-order valence-electron chi connectivity index (χ0n) is 31.9. The molecule has 1 saturated heterocycles. The maximum absolute atomic E-state index is 14.6. The minimum atomic E-state index is -0.0805. The Morgan fingerprint density at radius 3 is 2.58 bits per heavy atom. The molecule has 3 unspecified atom stereocenters. The molecule has 0 radical (unpaired) electrons. The second-order valence-electron chi connectivity index (χ2n) is 15.4. The predicted octanol–water partition coefficient (Wildman–Crippen LogP) is 8.38. The number of allylic oxidation sites excluding steroid dienone is 1. The molecular weight excluding hydrogens is 669 g/mol. The molecule has 10 heteroatoms. The SMILES string of the molecule is CCC(C)SNC(=O)c1ccc2c(C3CCCCC3)c3n(c2c1)CC(c1c(C(=O)N2C(C)CCC2CN(C)C)cnn1C)=Cc1cc(OC)ccc1-3. The molecule has 7 rings (SSSR count). The average molecular weight is 723 g/mol. The van der Waals surface area contributed by atoms with Crippen LogP contribution in [0, 0.1) is 0 Å². The molecule has 3 aliphatic rings. The Hall–Kier alpha value is -4.02. The van der Waals surface area contributed by atoms with Crippen LogP contribution in [0.2, 0.25) is 0 Å². The van der Waals surface area contributed by atoms with Crippen molar-refractivity contribution in [3.05, 3.63) is 70.5 Å². The molecule has 1 aliphatic carbocycles. The molecule has 1 saturated carbocycles. The van der Waals surface area contributed by atoms with Gasteiger partial charge in [-0.15, -0.1) is 0 Å². The van der Waals surface area contributed by atoms with Gasteiger partial charge < -0.3 is 19.1 Å². The number of ether oxygens (including phenoxy) is 1. The first-order valence-electron chi connectivity index (χ1n) is 19.1. The molecular formula is C42H54N6O3S. The lowest BCUT2D eigenvalue weighted by molar-refractivity contribution is 0.0655. The quantitative estimate of drug-likeness (QED) is 0.166. The maximum Gasteiger partial charge on any atom is 0.261 e. The van der Waals surface area contributed by atoms with E-state index < -0.39 is 0 Å². The molecule has 0 spiro atoms. The lowest BCUT2D eigenvalue weighted by Gasteiger charge is -2.30. The number of hydrogen-bond donors (Lipinski definition) is 1. The number of nitrogens with zero attached hydrogens (tertiary/aromatic N) is 5. The van der Waals surface area contributed by atoms with Gasteiger partial charge in [-0.05, 0) is 124 Å². The molecule has 3 atom stereocenters. The summed E-state index contributed by atoms with van der Waals surface area (Å²) in [5.41, 5.74) is 8.91. The zero-order valence-corrected chi connectivity index (χ0v) is 32.7. The number of likely N-dealkylation sites (N-methyl/N-ethyl adjacent to an activating group) is 1. The van der Waals surface area contributed by atoms with E-state index in [-0.39, 0.29) is 23.9 Å². The van der Waals surface area contributed by atoms with Crippen molar-refractivity contribution in [3.63, 3.8) is 0 Å². The number of aryl methyl sites for hydroxylation is 1. The topological polar surface area (TPSA) is 84.6 Å². The van der Waals surface area contributed by atoms with Crippen molar-refractivity contribution in [1.29, 1.82) is 0 Å². The van der Waals surface area contributed by atoms with E-state index in [1.807, 2.05) is 23.9 Å². The predicted molar refractivity (Wildman–Crippen MR) is 213 cm³/mol. The molecule has 0 bridgehead atoms. The van der Waals surface area contributed by atoms with Gasteiger partial charge in [0, 0.05) is 53.0 Å². The van der Waals surface area contributed by atoms with Gasteiger partial charge in [0.1, 0.15) is 5.75 Å². The van der Waals surface area contributed by atoms with Crippen molar-refractivity contribution in [2.75, 3.05) is 27.7 Å². The average Bonchev–Trinajstić information content (AvgIpc) is 3.78. The van der Waals surface area contributed by atoms with Crippen molar-refractivity contribution in [2.24, 2.45) is 7.05 Å². The fraction of sp³-hybridized carbons (Fsp3) is 0.500. The summed E-state index contributed by atoms with van der Waals surface area (Å²) in [5.74, 6) is 1.16. The van der Waals surface area contributed by atoms with E-state index in [1.54, 1.807) is 13.3 Å². The molecule has 2 aliphatic heterocycles. The van der Waals surface area contributed by atoms with Crippen LogP contribution >= 0.6 is 11.9 Å². The number of fused-ring (bicyclic) bond motifs is 5. The highest BCUT2D eigenvalue weighted by molar-refractivity contribution is 7.98. The number of carbonyl (C=O) groups excluding carboxylic acids is 2. The fourth-order valence-corrected chi connectivity index (χ4v) is 9.37. The van der Waals surface area contributed by atoms with Crippen LogP contribution in [0.1, 0.15) is 116 Å². The molecule has 2 aromatic carbocycles. The van der Waals surface area contributed by atoms with E-state index in [0.717, 1.165) is 72.3 Å². The molecule has 1 N–H and O–H groups in total. The number of nitrogens with one attached hydrogen (secondary N) is 1. The van der Waals surface area contributed by atoms with Crippen molar-refractivity contribution >= 4 is 46.3 Å². The minimum Gasteiger partial charge on any atom is -0.497 e. The summed E-state index contributed by atoms with van der Waals surface area (Å²) in [6.07, 6.45) is 12.9. The van der Waals surface area contributed by atoms with Crippen molar-refractivity contribution in [1.82, 2.24) is 28.9 Å². The Bertz CT molecular complexity index is 2000. The molecule has 52 heavy (non-hydrogen) atoms. The molecule has 2 amide bonds. The van der Waals surface area contributed by atoms with Crippen LogP contribution in [-0.4, -0.2) is 81.0 Å². The minimum absolute atomic E-state index is 0.0363. The third-order valence-corrected chi connectivity index (χ3v) is 12.6. The van der Waals surface area contributed by atoms with Gasteiger partial charge in [-0.3, -0.25) is 19.0 Å². The molecule has 9 nitrogen and oxygen atoms in total. The Kier molecular flexibility index (Phi) is 10.6. The molecule has 2 fully saturated rings. The fourth-order valence-electron chi connectivity index (χ4n) is 8.78. The summed E-state index contributed by atoms with van der Waals surface area (Å²) in [5, 5.41) is 6.25. The second-order valence-corrected chi connectivity index (χ2v) is 16.6. The number of hydrogen-bond acceptors (Lipinski definition) is 6. The van der Waals surface area contributed by atoms with Crippen LogP contribution in [0.4, 0.5) is 0 Å². The number of benzene rings is 2. The van der Waals surface area contributed by atoms with Gasteiger partial charge in [0.2, 0.25) is 0 Å². The number of rotatable bonds is 10. The highest BCUT2D eigenvalue weighted by Gasteiger charge is 2.38. The molecule has 2 aromatic heterocycles. The first-order chi connectivity index (χ1) is 25.1. The highest BCUT2D eigenvalue weighted by Crippen LogP contribution is 2.48. The van der Waals surface area contributed by atoms with Crippen LogP contribution in [0.5, 0.6) is 5.75 Å². The standard InChI is InChI=1S/C42H54N6O3S/c1-8-27(3)52-44-41(49)29-15-18-35-37(22-29)47-24-31(39-36(23-43-46(39)6)42(50)48-26(2)14-16-32(48)25-45(4)5)20-30-21-33(51-7)17-19-34(30)40(47)38(35)28-12-10-9-11-13-28/h15,17-23,26-28,32H,8-14,16,24-25H2,1-7H3,(H,44,49). The summed E-state index contributed by atoms with van der Waals surface area (Å²) >= 11 is 1.48. The Balaban J connectivity index is 1.41. The van der Waals surface area contributed by atoms with E-state index in [1.165, 1.54) is 47.9 Å². The highest BCUT2D eigenvalue weighted by atomic mass is 32.2. The van der Waals surface area contributed by atoms with E-state index >= 15 is 0 Å². The third kappa shape index (κ3) is 6.80. The van der Waals surface area contributed by atoms with Crippen LogP contribution in [-0.2, 0) is 13.6 Å². The normalized spacial score (nSPS) is 19.7. The summed E-state index contributed by atoms with van der Waals surface area (Å²) in [6, 6.07) is 12.9. The third-order valence-electron chi connectivity index (χ3n) is 11.5. The molecule has 4 aromatic rings. The number of amides is 2. The number of aromatic nitrogens is 3. The Morgan fingerprint density at radius 1 is 1.06 bits per heavy atom. The summed E-state index contributed by atoms with van der Waals surface area (Å²) in [6.45, 7) is 7.78. The first kappa shape index (κ1) is 36.3. The second kappa shape index (κ2) is 15.1. The lowest BCUT2D eigenvalue weighted by Crippen LogP contribution is -2.44. The van der Waals surface area contributed by atoms with Gasteiger partial charge in [-0.1, -0.05) is 39.2 Å². The van der Waals surface area contributed by atoms with Gasteiger partial charge >= 0.3 is 0 Å². The number of carbonyl (C=O) groups is 2. The first-order valence-corrected chi connectivity index (χ1v) is 20.0. The smallest absolute Gasteiger partial charge is 0.261 e. The Morgan fingerprint density at radius 2 is 1.85 bits per heavy atom. The number of methoxy groups -OCH3 is 1. The van der Waals surface area contributed by atoms with Gasteiger partial charge in [0.25, 0.3) is 11.8 Å². The van der Waals surface area contributed by atoms with E-state index in [4.69, 9.17) is 9.84 Å². The Labute approximate surface area is 312 Å². The van der Waals surface area contributed by atoms with Gasteiger partial charge in [0.05, 0.1) is 36.8 Å².